The van der Waals surface area contributed by atoms with Gasteiger partial charge in [0.15, 0.2) is 0 Å². The van der Waals surface area contributed by atoms with Crippen LogP contribution in [-0.4, -0.2) is 21.7 Å². The molecule has 2 aromatic carbocycles. The third-order valence-electron chi connectivity index (χ3n) is 4.77. The van der Waals surface area contributed by atoms with Crippen molar-refractivity contribution in [1.82, 2.24) is 9.88 Å². The Morgan fingerprint density at radius 2 is 1.55 bits per heavy atom. The number of pyridine rings is 1. The predicted octanol–water partition coefficient (Wildman–Crippen LogP) is 4.09. The van der Waals surface area contributed by atoms with Gasteiger partial charge in [0.05, 0.1) is 17.8 Å². The lowest BCUT2D eigenvalue weighted by molar-refractivity contribution is -0.137. The average Bonchev–Trinajstić information content (AvgIpc) is 2.93. The zero-order valence-corrected chi connectivity index (χ0v) is 16.3. The summed E-state index contributed by atoms with van der Waals surface area (Å²) < 4.78 is 0. The molecule has 0 unspecified atom stereocenters. The minimum absolute atomic E-state index is 0.132. The van der Waals surface area contributed by atoms with Gasteiger partial charge < -0.3 is 5.32 Å². The van der Waals surface area contributed by atoms with Gasteiger partial charge in [-0.15, -0.1) is 0 Å². The van der Waals surface area contributed by atoms with Crippen molar-refractivity contribution in [3.8, 4) is 0 Å². The monoisotopic (exact) mass is 383 g/mol. The molecule has 1 N–H and O–H groups in total. The summed E-state index contributed by atoms with van der Waals surface area (Å²) in [5.74, 6) is -0.669. The molecule has 0 atom stereocenters. The molecule has 2 amide bonds. The van der Waals surface area contributed by atoms with E-state index in [1.165, 1.54) is 4.90 Å². The van der Waals surface area contributed by atoms with Crippen molar-refractivity contribution in [2.24, 2.45) is 0 Å². The molecule has 0 spiro atoms. The summed E-state index contributed by atoms with van der Waals surface area (Å²) >= 11 is 0. The largest absolute Gasteiger partial charge is 0.350 e. The minimum atomic E-state index is -0.348. The lowest BCUT2D eigenvalue weighted by Gasteiger charge is -2.15. The number of amides is 2. The molecule has 144 valence electrons. The molecule has 2 heterocycles. The van der Waals surface area contributed by atoms with Crippen molar-refractivity contribution in [2.45, 2.75) is 20.4 Å². The zero-order valence-electron chi connectivity index (χ0n) is 16.3. The average molecular weight is 383 g/mol. The summed E-state index contributed by atoms with van der Waals surface area (Å²) in [6.45, 7) is 4.13. The first-order chi connectivity index (χ1) is 14.0. The molecular formula is C24H21N3O2. The first-order valence-electron chi connectivity index (χ1n) is 9.44. The molecule has 1 aromatic heterocycles. The zero-order chi connectivity index (χ0) is 20.4. The Morgan fingerprint density at radius 1 is 0.862 bits per heavy atom. The molecule has 4 rings (SSSR count). The number of aryl methyl sites for hydroxylation is 2. The van der Waals surface area contributed by atoms with Crippen LogP contribution in [-0.2, 0) is 16.1 Å². The van der Waals surface area contributed by atoms with Crippen LogP contribution < -0.4 is 5.32 Å². The number of carbonyl (C=O) groups is 2. The van der Waals surface area contributed by atoms with E-state index in [0.717, 1.165) is 16.8 Å². The highest BCUT2D eigenvalue weighted by molar-refractivity contribution is 6.36. The minimum Gasteiger partial charge on any atom is -0.350 e. The Morgan fingerprint density at radius 3 is 2.21 bits per heavy atom. The van der Waals surface area contributed by atoms with Gasteiger partial charge in [-0.1, -0.05) is 42.5 Å². The summed E-state index contributed by atoms with van der Waals surface area (Å²) in [6, 6.07) is 20.7. The third kappa shape index (κ3) is 3.80. The van der Waals surface area contributed by atoms with Crippen molar-refractivity contribution < 1.29 is 9.59 Å². The van der Waals surface area contributed by atoms with Gasteiger partial charge in [0.1, 0.15) is 5.70 Å². The highest BCUT2D eigenvalue weighted by Gasteiger charge is 2.39. The number of nitrogens with zero attached hydrogens (tertiary/aromatic N) is 2. The van der Waals surface area contributed by atoms with Crippen LogP contribution in [0.25, 0.3) is 5.57 Å². The van der Waals surface area contributed by atoms with Crippen molar-refractivity contribution in [2.75, 3.05) is 5.32 Å². The van der Waals surface area contributed by atoms with Crippen LogP contribution in [0.1, 0.15) is 22.4 Å². The van der Waals surface area contributed by atoms with Gasteiger partial charge in [0, 0.05) is 11.9 Å². The van der Waals surface area contributed by atoms with Gasteiger partial charge in [-0.25, -0.2) is 0 Å². The highest BCUT2D eigenvalue weighted by atomic mass is 16.2. The lowest BCUT2D eigenvalue weighted by Crippen LogP contribution is -2.32. The van der Waals surface area contributed by atoms with Crippen molar-refractivity contribution >= 4 is 23.1 Å². The maximum absolute atomic E-state index is 13.2. The van der Waals surface area contributed by atoms with Gasteiger partial charge >= 0.3 is 0 Å². The molecule has 3 aromatic rings. The molecule has 0 fully saturated rings. The van der Waals surface area contributed by atoms with Crippen LogP contribution in [0.3, 0.4) is 0 Å². The van der Waals surface area contributed by atoms with E-state index in [1.54, 1.807) is 18.3 Å². The van der Waals surface area contributed by atoms with E-state index >= 15 is 0 Å². The Labute approximate surface area is 169 Å². The molecule has 0 saturated heterocycles. The van der Waals surface area contributed by atoms with Gasteiger partial charge in [-0.2, -0.15) is 0 Å². The van der Waals surface area contributed by atoms with Gasteiger partial charge in [0.25, 0.3) is 11.8 Å². The fourth-order valence-electron chi connectivity index (χ4n) is 3.55. The van der Waals surface area contributed by atoms with E-state index in [1.807, 2.05) is 62.4 Å². The summed E-state index contributed by atoms with van der Waals surface area (Å²) in [5.41, 5.74) is 4.99. The Balaban J connectivity index is 1.75. The van der Waals surface area contributed by atoms with Crippen LogP contribution >= 0.6 is 0 Å². The molecule has 5 nitrogen and oxygen atoms in total. The summed E-state index contributed by atoms with van der Waals surface area (Å²) in [5, 5.41) is 3.21. The van der Waals surface area contributed by atoms with E-state index in [4.69, 9.17) is 0 Å². The second-order valence-corrected chi connectivity index (χ2v) is 7.13. The first-order valence-corrected chi connectivity index (χ1v) is 9.44. The number of imide groups is 1. The molecule has 0 radical (unpaired) electrons. The maximum atomic E-state index is 13.2. The summed E-state index contributed by atoms with van der Waals surface area (Å²) in [7, 11) is 0. The molecule has 29 heavy (non-hydrogen) atoms. The van der Waals surface area contributed by atoms with E-state index in [0.29, 0.717) is 22.5 Å². The van der Waals surface area contributed by atoms with Crippen LogP contribution in [0, 0.1) is 13.8 Å². The Kier molecular flexibility index (Phi) is 4.96. The highest BCUT2D eigenvalue weighted by Crippen LogP contribution is 2.31. The predicted molar refractivity (Wildman–Crippen MR) is 113 cm³/mol. The number of hydrogen-bond acceptors (Lipinski definition) is 4. The molecular weight excluding hydrogens is 362 g/mol. The normalized spacial score (nSPS) is 13.9. The van der Waals surface area contributed by atoms with Crippen LogP contribution in [0.2, 0.25) is 0 Å². The SMILES string of the molecule is Cc1cc(C)cc(NC2=C(c3ccccc3)C(=O)N(Cc3ccccn3)C2=O)c1. The van der Waals surface area contributed by atoms with E-state index < -0.39 is 0 Å². The number of carbonyl (C=O) groups excluding carboxylic acids is 2. The van der Waals surface area contributed by atoms with E-state index in [2.05, 4.69) is 16.4 Å². The van der Waals surface area contributed by atoms with E-state index in [9.17, 15) is 9.59 Å². The van der Waals surface area contributed by atoms with Crippen molar-refractivity contribution in [1.29, 1.82) is 0 Å². The second-order valence-electron chi connectivity index (χ2n) is 7.13. The van der Waals surface area contributed by atoms with Gasteiger partial charge in [-0.05, 0) is 54.8 Å². The first kappa shape index (κ1) is 18.6. The maximum Gasteiger partial charge on any atom is 0.278 e. The number of benzene rings is 2. The fraction of sp³-hybridized carbons (Fsp3) is 0.125. The van der Waals surface area contributed by atoms with Gasteiger partial charge in [0.2, 0.25) is 0 Å². The Bertz CT molecular complexity index is 1090. The standard InChI is InChI=1S/C24H21N3O2/c1-16-12-17(2)14-20(13-16)26-22-21(18-8-4-3-5-9-18)23(28)27(24(22)29)15-19-10-6-7-11-25-19/h3-14,26H,15H2,1-2H3. The Hall–Kier alpha value is -3.73. The molecule has 1 aliphatic heterocycles. The number of aromatic nitrogens is 1. The molecule has 0 aliphatic carbocycles. The lowest BCUT2D eigenvalue weighted by atomic mass is 10.0. The quantitative estimate of drug-likeness (QED) is 0.674. The number of rotatable bonds is 5. The molecule has 1 aliphatic rings. The van der Waals surface area contributed by atoms with E-state index in [-0.39, 0.29) is 18.4 Å². The van der Waals surface area contributed by atoms with Crippen molar-refractivity contribution in [3.05, 3.63) is 101 Å². The fourth-order valence-corrected chi connectivity index (χ4v) is 3.55. The number of nitrogens with one attached hydrogen (secondary N) is 1. The summed E-state index contributed by atoms with van der Waals surface area (Å²) in [6.07, 6.45) is 1.65. The van der Waals surface area contributed by atoms with Crippen LogP contribution in [0.4, 0.5) is 5.69 Å². The van der Waals surface area contributed by atoms with Gasteiger partial charge in [-0.3, -0.25) is 19.5 Å². The van der Waals surface area contributed by atoms with Crippen LogP contribution in [0.15, 0.2) is 78.6 Å². The third-order valence-corrected chi connectivity index (χ3v) is 4.77. The number of hydrogen-bond donors (Lipinski definition) is 1. The molecule has 5 heteroatoms. The topological polar surface area (TPSA) is 62.3 Å². The number of anilines is 1. The molecule has 0 bridgehead atoms. The second kappa shape index (κ2) is 7.72. The summed E-state index contributed by atoms with van der Waals surface area (Å²) in [4.78, 5) is 32.0. The molecule has 0 saturated carbocycles. The smallest absolute Gasteiger partial charge is 0.278 e. The van der Waals surface area contributed by atoms with Crippen LogP contribution in [0.5, 0.6) is 0 Å². The van der Waals surface area contributed by atoms with Crippen molar-refractivity contribution in [3.63, 3.8) is 0 Å².